The molecule has 1 aliphatic heterocycles. The molecule has 0 fully saturated rings. The maximum absolute atomic E-state index is 12.9. The minimum atomic E-state index is -1.03. The third kappa shape index (κ3) is 4.12. The third-order valence-corrected chi connectivity index (χ3v) is 6.09. The minimum absolute atomic E-state index is 0.147. The third-order valence-electron chi connectivity index (χ3n) is 3.88. The molecule has 1 unspecified atom stereocenters. The van der Waals surface area contributed by atoms with Crippen LogP contribution in [-0.2, 0) is 16.1 Å². The van der Waals surface area contributed by atoms with Gasteiger partial charge in [0.2, 0.25) is 5.91 Å². The molecule has 0 saturated carbocycles. The normalized spacial score (nSPS) is 19.6. The number of carbonyl (C=O) groups excluding carboxylic acids is 1. The Bertz CT molecular complexity index is 723. The molecular formula is C18H18FNO2S2. The number of carbonyl (C=O) groups is 1. The van der Waals surface area contributed by atoms with Gasteiger partial charge in [-0.25, -0.2) is 4.39 Å². The van der Waals surface area contributed by atoms with E-state index in [1.54, 1.807) is 23.9 Å². The van der Waals surface area contributed by atoms with Gasteiger partial charge in [-0.3, -0.25) is 4.79 Å². The molecule has 126 valence electrons. The molecule has 0 saturated heterocycles. The van der Waals surface area contributed by atoms with Crippen molar-refractivity contribution in [2.45, 2.75) is 16.2 Å². The van der Waals surface area contributed by atoms with Crippen molar-refractivity contribution in [1.29, 1.82) is 0 Å². The van der Waals surface area contributed by atoms with Gasteiger partial charge in [0.25, 0.3) is 0 Å². The molecule has 1 amide bonds. The van der Waals surface area contributed by atoms with Gasteiger partial charge in [-0.05, 0) is 35.4 Å². The second-order valence-electron chi connectivity index (χ2n) is 5.70. The summed E-state index contributed by atoms with van der Waals surface area (Å²) >= 11 is 3.01. The highest BCUT2D eigenvalue weighted by molar-refractivity contribution is 8.00. The number of amides is 1. The van der Waals surface area contributed by atoms with E-state index in [-0.39, 0.29) is 24.0 Å². The van der Waals surface area contributed by atoms with Crippen LogP contribution in [0.1, 0.15) is 11.1 Å². The zero-order valence-electron chi connectivity index (χ0n) is 13.0. The predicted octanol–water partition coefficient (Wildman–Crippen LogP) is 3.17. The Morgan fingerprint density at radius 3 is 2.79 bits per heavy atom. The highest BCUT2D eigenvalue weighted by atomic mass is 32.2. The summed E-state index contributed by atoms with van der Waals surface area (Å²) in [7, 11) is 0. The van der Waals surface area contributed by atoms with Crippen molar-refractivity contribution in [2.24, 2.45) is 0 Å². The first-order valence-electron chi connectivity index (χ1n) is 7.60. The van der Waals surface area contributed by atoms with E-state index in [1.165, 1.54) is 23.9 Å². The average molecular weight is 363 g/mol. The summed E-state index contributed by atoms with van der Waals surface area (Å²) in [5.74, 6) is 1.24. The molecular weight excluding hydrogens is 345 g/mol. The largest absolute Gasteiger partial charge is 0.382 e. The van der Waals surface area contributed by atoms with Crippen LogP contribution in [0.2, 0.25) is 0 Å². The van der Waals surface area contributed by atoms with Crippen molar-refractivity contribution in [1.82, 2.24) is 5.32 Å². The summed E-state index contributed by atoms with van der Waals surface area (Å²) in [6, 6.07) is 13.9. The fourth-order valence-corrected chi connectivity index (χ4v) is 4.53. The summed E-state index contributed by atoms with van der Waals surface area (Å²) in [5.41, 5.74) is 0.983. The molecule has 2 N–H and O–H groups in total. The van der Waals surface area contributed by atoms with Crippen molar-refractivity contribution < 1.29 is 14.3 Å². The standard InChI is InChI=1S/C18H18FNO2S2/c19-14-5-7-15(8-6-14)24-10-17(21)20-11-18(22)12-23-9-13-3-1-2-4-16(13)18/h1-8,22H,9-12H2,(H,20,21). The number of benzene rings is 2. The first-order chi connectivity index (χ1) is 11.6. The smallest absolute Gasteiger partial charge is 0.230 e. The number of aliphatic hydroxyl groups is 1. The van der Waals surface area contributed by atoms with Crippen LogP contribution in [0, 0.1) is 5.82 Å². The number of thioether (sulfide) groups is 2. The van der Waals surface area contributed by atoms with E-state index < -0.39 is 5.60 Å². The fraction of sp³-hybridized carbons (Fsp3) is 0.278. The fourth-order valence-electron chi connectivity index (χ4n) is 2.63. The van der Waals surface area contributed by atoms with Gasteiger partial charge >= 0.3 is 0 Å². The van der Waals surface area contributed by atoms with Gasteiger partial charge in [-0.1, -0.05) is 24.3 Å². The van der Waals surface area contributed by atoms with E-state index in [0.29, 0.717) is 5.75 Å². The van der Waals surface area contributed by atoms with Gasteiger partial charge < -0.3 is 10.4 Å². The van der Waals surface area contributed by atoms with Crippen LogP contribution in [0.5, 0.6) is 0 Å². The van der Waals surface area contributed by atoms with E-state index in [1.807, 2.05) is 24.3 Å². The first kappa shape index (κ1) is 17.3. The topological polar surface area (TPSA) is 49.3 Å². The van der Waals surface area contributed by atoms with Gasteiger partial charge in [-0.15, -0.1) is 11.8 Å². The van der Waals surface area contributed by atoms with Crippen molar-refractivity contribution >= 4 is 29.4 Å². The van der Waals surface area contributed by atoms with Gasteiger partial charge in [-0.2, -0.15) is 11.8 Å². The number of rotatable bonds is 5. The molecule has 0 bridgehead atoms. The molecule has 3 rings (SSSR count). The van der Waals surface area contributed by atoms with Gasteiger partial charge in [0.15, 0.2) is 0 Å². The molecule has 1 atom stereocenters. The Morgan fingerprint density at radius 1 is 1.25 bits per heavy atom. The minimum Gasteiger partial charge on any atom is -0.382 e. The van der Waals surface area contributed by atoms with Crippen molar-refractivity contribution in [3.8, 4) is 0 Å². The molecule has 0 spiro atoms. The molecule has 1 aliphatic rings. The molecule has 1 heterocycles. The molecule has 3 nitrogen and oxygen atoms in total. The van der Waals surface area contributed by atoms with Gasteiger partial charge in [0, 0.05) is 16.4 Å². The lowest BCUT2D eigenvalue weighted by molar-refractivity contribution is -0.119. The van der Waals surface area contributed by atoms with E-state index in [0.717, 1.165) is 21.8 Å². The molecule has 0 radical (unpaired) electrons. The molecule has 6 heteroatoms. The molecule has 2 aromatic carbocycles. The average Bonchev–Trinajstić information content (AvgIpc) is 2.60. The van der Waals surface area contributed by atoms with E-state index in [4.69, 9.17) is 0 Å². The zero-order valence-corrected chi connectivity index (χ0v) is 14.6. The SMILES string of the molecule is O=C(CSc1ccc(F)cc1)NCC1(O)CSCc2ccccc21. The lowest BCUT2D eigenvalue weighted by atomic mass is 9.91. The number of hydrogen-bond donors (Lipinski definition) is 2. The van der Waals surface area contributed by atoms with Gasteiger partial charge in [0.1, 0.15) is 11.4 Å². The Hall–Kier alpha value is -1.50. The monoisotopic (exact) mass is 363 g/mol. The van der Waals surface area contributed by atoms with Crippen molar-refractivity contribution in [2.75, 3.05) is 18.1 Å². The quantitative estimate of drug-likeness (QED) is 0.801. The van der Waals surface area contributed by atoms with Crippen LogP contribution in [0.3, 0.4) is 0 Å². The molecule has 2 aromatic rings. The summed E-state index contributed by atoms with van der Waals surface area (Å²) < 4.78 is 12.9. The second-order valence-corrected chi connectivity index (χ2v) is 7.74. The van der Waals surface area contributed by atoms with E-state index in [9.17, 15) is 14.3 Å². The van der Waals surface area contributed by atoms with Crippen molar-refractivity contribution in [3.63, 3.8) is 0 Å². The van der Waals surface area contributed by atoms with Crippen LogP contribution in [0.4, 0.5) is 4.39 Å². The Morgan fingerprint density at radius 2 is 2.00 bits per heavy atom. The number of fused-ring (bicyclic) bond motifs is 1. The summed E-state index contributed by atoms with van der Waals surface area (Å²) in [4.78, 5) is 12.9. The first-order valence-corrected chi connectivity index (χ1v) is 9.74. The van der Waals surface area contributed by atoms with E-state index >= 15 is 0 Å². The zero-order chi connectivity index (χ0) is 17.0. The maximum Gasteiger partial charge on any atom is 0.230 e. The number of hydrogen-bond acceptors (Lipinski definition) is 4. The number of halogens is 1. The van der Waals surface area contributed by atoms with Gasteiger partial charge in [0.05, 0.1) is 12.3 Å². The van der Waals surface area contributed by atoms with Crippen LogP contribution >= 0.6 is 23.5 Å². The highest BCUT2D eigenvalue weighted by Crippen LogP contribution is 2.35. The second kappa shape index (κ2) is 7.59. The summed E-state index contributed by atoms with van der Waals surface area (Å²) in [6.45, 7) is 0.194. The predicted molar refractivity (Wildman–Crippen MR) is 96.6 cm³/mol. The Balaban J connectivity index is 1.55. The maximum atomic E-state index is 12.9. The Kier molecular flexibility index (Phi) is 5.48. The van der Waals surface area contributed by atoms with Crippen LogP contribution in [-0.4, -0.2) is 29.1 Å². The lowest BCUT2D eigenvalue weighted by Crippen LogP contribution is -2.45. The van der Waals surface area contributed by atoms with E-state index in [2.05, 4.69) is 5.32 Å². The molecule has 0 aliphatic carbocycles. The summed E-state index contributed by atoms with van der Waals surface area (Å²) in [5, 5.41) is 13.7. The van der Waals surface area contributed by atoms with Crippen molar-refractivity contribution in [3.05, 3.63) is 65.5 Å². The van der Waals surface area contributed by atoms with Crippen LogP contribution in [0.25, 0.3) is 0 Å². The molecule has 0 aromatic heterocycles. The van der Waals surface area contributed by atoms with Crippen LogP contribution < -0.4 is 5.32 Å². The Labute approximate surface area is 149 Å². The van der Waals surface area contributed by atoms with Crippen LogP contribution in [0.15, 0.2) is 53.4 Å². The highest BCUT2D eigenvalue weighted by Gasteiger charge is 2.34. The number of nitrogens with one attached hydrogen (secondary N) is 1. The summed E-state index contributed by atoms with van der Waals surface area (Å²) in [6.07, 6.45) is 0. The molecule has 24 heavy (non-hydrogen) atoms. The lowest BCUT2D eigenvalue weighted by Gasteiger charge is -2.34.